The van der Waals surface area contributed by atoms with Crippen LogP contribution in [0.15, 0.2) is 31.5 Å². The third-order valence-electron chi connectivity index (χ3n) is 5.32. The van der Waals surface area contributed by atoms with Crippen molar-refractivity contribution in [3.8, 4) is 0 Å². The molecule has 0 radical (unpaired) electrons. The fourth-order valence-corrected chi connectivity index (χ4v) is 7.60. The lowest BCUT2D eigenvalue weighted by molar-refractivity contribution is -0.150. The van der Waals surface area contributed by atoms with E-state index in [-0.39, 0.29) is 27.6 Å². The first-order chi connectivity index (χ1) is 17.0. The normalized spacial score (nSPS) is 20.2. The van der Waals surface area contributed by atoms with Crippen LogP contribution in [0.1, 0.15) is 32.2 Å². The highest BCUT2D eigenvalue weighted by molar-refractivity contribution is 8.01. The van der Waals surface area contributed by atoms with E-state index >= 15 is 0 Å². The number of fused-ring (bicyclic) bond motifs is 1. The van der Waals surface area contributed by atoms with Crippen molar-refractivity contribution in [1.82, 2.24) is 20.2 Å². The molecule has 0 saturated carbocycles. The molecule has 4 rings (SSSR count). The van der Waals surface area contributed by atoms with Crippen molar-refractivity contribution in [2.45, 2.75) is 41.9 Å². The quantitative estimate of drug-likeness (QED) is 0.187. The molecule has 2 aliphatic heterocycles. The molecule has 1 saturated heterocycles. The number of β-lactam (4-membered cyclic amide) rings is 1. The van der Waals surface area contributed by atoms with Crippen LogP contribution in [-0.2, 0) is 24.6 Å². The Labute approximate surface area is 223 Å². The lowest BCUT2D eigenvalue weighted by Gasteiger charge is -2.49. The number of nitrogens with two attached hydrogens (primary N) is 1. The van der Waals surface area contributed by atoms with Crippen LogP contribution in [-0.4, -0.2) is 73.5 Å². The highest BCUT2D eigenvalue weighted by atomic mass is 32.2. The van der Waals surface area contributed by atoms with Gasteiger partial charge in [-0.1, -0.05) is 37.7 Å². The summed E-state index contributed by atoms with van der Waals surface area (Å²) in [6, 6.07) is -0.905. The van der Waals surface area contributed by atoms with Crippen LogP contribution in [0.2, 0.25) is 0 Å². The Bertz CT molecular complexity index is 1260. The molecule has 2 amide bonds. The lowest BCUT2D eigenvalue weighted by atomic mass is 9.93. The van der Waals surface area contributed by atoms with Crippen molar-refractivity contribution >= 4 is 74.8 Å². The zero-order valence-electron chi connectivity index (χ0n) is 19.8. The van der Waals surface area contributed by atoms with Crippen molar-refractivity contribution in [2.24, 2.45) is 5.16 Å². The second kappa shape index (κ2) is 10.4. The number of carbonyl (C=O) groups is 3. The Kier molecular flexibility index (Phi) is 7.64. The van der Waals surface area contributed by atoms with E-state index in [1.807, 2.05) is 5.38 Å². The number of thioether (sulfide) groups is 2. The number of carbonyl (C=O) groups excluding carboxylic acids is 2. The van der Waals surface area contributed by atoms with Crippen LogP contribution < -0.4 is 11.1 Å². The van der Waals surface area contributed by atoms with Gasteiger partial charge in [0.05, 0.1) is 5.69 Å². The van der Waals surface area contributed by atoms with E-state index in [4.69, 9.17) is 10.6 Å². The van der Waals surface area contributed by atoms with Crippen LogP contribution in [0.25, 0.3) is 0 Å². The standard InChI is InChI=1S/C21H24N6O5S4/c1-21(2,3)11-8-36-20(24-11)35-6-9-5-33-17-13(16(29)27(17)14(9)18(30)31)25-15(28)12(26-32-4)10-7-34-19(22)23-10/h7-8,13,17H,5-6H2,1-4H3,(H2,22,23)(H,25,28)(H,30,31)/t13-,17+/m1/s1. The summed E-state index contributed by atoms with van der Waals surface area (Å²) in [6.45, 7) is 6.25. The van der Waals surface area contributed by atoms with Crippen molar-refractivity contribution in [3.63, 3.8) is 0 Å². The summed E-state index contributed by atoms with van der Waals surface area (Å²) in [5.74, 6) is -1.53. The number of amides is 2. The minimum Gasteiger partial charge on any atom is -0.477 e. The van der Waals surface area contributed by atoms with Gasteiger partial charge in [0.1, 0.15) is 34.3 Å². The molecule has 0 unspecified atom stereocenters. The SMILES string of the molecule is CON=C(C(=O)N[C@@H]1C(=O)N2C(C(=O)O)=C(CSc3nc(C(C)(C)C)cs3)CS[C@@H]12)c1csc(N)n1. The Hall–Kier alpha value is -2.62. The van der Waals surface area contributed by atoms with Crippen molar-refractivity contribution in [1.29, 1.82) is 0 Å². The average Bonchev–Trinajstić information content (AvgIpc) is 3.47. The lowest BCUT2D eigenvalue weighted by Crippen LogP contribution is -2.71. The first kappa shape index (κ1) is 26.4. The van der Waals surface area contributed by atoms with Crippen molar-refractivity contribution < 1.29 is 24.3 Å². The van der Waals surface area contributed by atoms with Crippen LogP contribution in [0.5, 0.6) is 0 Å². The number of hydrogen-bond acceptors (Lipinski definition) is 12. The summed E-state index contributed by atoms with van der Waals surface area (Å²) in [7, 11) is 1.29. The molecule has 0 bridgehead atoms. The Balaban J connectivity index is 1.47. The molecular formula is C21H24N6O5S4. The van der Waals surface area contributed by atoms with E-state index in [0.717, 1.165) is 21.4 Å². The summed E-state index contributed by atoms with van der Waals surface area (Å²) < 4.78 is 0.844. The van der Waals surface area contributed by atoms with E-state index in [0.29, 0.717) is 17.1 Å². The number of aromatic nitrogens is 2. The van der Waals surface area contributed by atoms with Crippen LogP contribution >= 0.6 is 46.2 Å². The minimum absolute atomic E-state index is 0.0348. The number of nitrogens with zero attached hydrogens (tertiary/aromatic N) is 4. The number of aliphatic carboxylic acids is 1. The van der Waals surface area contributed by atoms with E-state index in [1.165, 1.54) is 46.9 Å². The zero-order valence-corrected chi connectivity index (χ0v) is 23.1. The van der Waals surface area contributed by atoms with Crippen LogP contribution in [0.3, 0.4) is 0 Å². The van der Waals surface area contributed by atoms with Gasteiger partial charge in [0.25, 0.3) is 11.8 Å². The third-order valence-corrected chi connectivity index (χ3v) is 9.44. The number of carboxylic acids is 1. The fraction of sp³-hybridized carbons (Fsp3) is 0.429. The van der Waals surface area contributed by atoms with Gasteiger partial charge < -0.3 is 21.0 Å². The van der Waals surface area contributed by atoms with Crippen molar-refractivity contribution in [2.75, 3.05) is 24.3 Å². The Morgan fingerprint density at radius 1 is 1.33 bits per heavy atom. The molecule has 0 spiro atoms. The fourth-order valence-electron chi connectivity index (χ4n) is 3.51. The van der Waals surface area contributed by atoms with Gasteiger partial charge >= 0.3 is 5.97 Å². The molecule has 2 aromatic rings. The largest absolute Gasteiger partial charge is 0.477 e. The highest BCUT2D eigenvalue weighted by Gasteiger charge is 2.54. The maximum atomic E-state index is 13.0. The molecular weight excluding hydrogens is 545 g/mol. The molecule has 4 heterocycles. The molecule has 192 valence electrons. The number of nitrogens with one attached hydrogen (secondary N) is 1. The third kappa shape index (κ3) is 5.23. The van der Waals surface area contributed by atoms with Gasteiger partial charge in [-0.2, -0.15) is 0 Å². The molecule has 2 atom stereocenters. The Morgan fingerprint density at radius 2 is 2.08 bits per heavy atom. The van der Waals surface area contributed by atoms with Crippen LogP contribution in [0.4, 0.5) is 5.13 Å². The predicted octanol–water partition coefficient (Wildman–Crippen LogP) is 2.36. The maximum absolute atomic E-state index is 13.0. The van der Waals surface area contributed by atoms with Crippen molar-refractivity contribution in [3.05, 3.63) is 33.4 Å². The van der Waals surface area contributed by atoms with Gasteiger partial charge in [0.15, 0.2) is 10.8 Å². The van der Waals surface area contributed by atoms with Gasteiger partial charge in [-0.05, 0) is 5.57 Å². The highest BCUT2D eigenvalue weighted by Crippen LogP contribution is 2.42. The molecule has 11 nitrogen and oxygen atoms in total. The van der Waals surface area contributed by atoms with E-state index in [1.54, 1.807) is 5.38 Å². The summed E-state index contributed by atoms with van der Waals surface area (Å²) in [6.07, 6.45) is 0. The minimum atomic E-state index is -1.18. The average molecular weight is 569 g/mol. The first-order valence-electron chi connectivity index (χ1n) is 10.6. The number of nitrogen functional groups attached to an aromatic ring is 1. The molecule has 4 N–H and O–H groups in total. The molecule has 0 aliphatic carbocycles. The number of anilines is 1. The molecule has 15 heteroatoms. The summed E-state index contributed by atoms with van der Waals surface area (Å²) in [4.78, 5) is 52.7. The molecule has 2 aromatic heterocycles. The smallest absolute Gasteiger partial charge is 0.352 e. The number of oxime groups is 1. The summed E-state index contributed by atoms with van der Waals surface area (Å²) in [5.41, 5.74) is 7.26. The molecule has 1 fully saturated rings. The monoisotopic (exact) mass is 568 g/mol. The maximum Gasteiger partial charge on any atom is 0.352 e. The van der Waals surface area contributed by atoms with E-state index in [2.05, 4.69) is 41.2 Å². The van der Waals surface area contributed by atoms with Gasteiger partial charge in [0.2, 0.25) is 0 Å². The topological polar surface area (TPSA) is 160 Å². The summed E-state index contributed by atoms with van der Waals surface area (Å²) in [5, 5.41) is 19.5. The van der Waals surface area contributed by atoms with Gasteiger partial charge in [-0.25, -0.2) is 14.8 Å². The van der Waals surface area contributed by atoms with Gasteiger partial charge in [-0.3, -0.25) is 14.5 Å². The second-order valence-corrected chi connectivity index (χ2v) is 12.9. The number of hydrogen-bond donors (Lipinski definition) is 3. The summed E-state index contributed by atoms with van der Waals surface area (Å²) >= 11 is 5.51. The van der Waals surface area contributed by atoms with E-state index in [9.17, 15) is 19.5 Å². The first-order valence-corrected chi connectivity index (χ1v) is 14.4. The number of carboxylic acid groups (broad SMARTS) is 1. The Morgan fingerprint density at radius 3 is 2.67 bits per heavy atom. The molecule has 2 aliphatic rings. The van der Waals surface area contributed by atoms with Crippen LogP contribution in [0, 0.1) is 0 Å². The number of thiazole rings is 2. The number of rotatable bonds is 8. The predicted molar refractivity (Wildman–Crippen MR) is 141 cm³/mol. The molecule has 0 aromatic carbocycles. The van der Waals surface area contributed by atoms with Gasteiger partial charge in [0, 0.05) is 27.7 Å². The second-order valence-electron chi connectivity index (χ2n) is 8.85. The van der Waals surface area contributed by atoms with Gasteiger partial charge in [-0.15, -0.1) is 34.4 Å². The zero-order chi connectivity index (χ0) is 26.2. The molecule has 36 heavy (non-hydrogen) atoms. The van der Waals surface area contributed by atoms with E-state index < -0.39 is 29.2 Å².